The second-order valence-corrected chi connectivity index (χ2v) is 2.74. The number of aliphatic carboxylic acids is 1. The Morgan fingerprint density at radius 1 is 1.46 bits per heavy atom. The zero-order valence-electron chi connectivity index (χ0n) is 7.60. The fourth-order valence-corrected chi connectivity index (χ4v) is 0.756. The maximum Gasteiger partial charge on any atom is 0.328 e. The fraction of sp³-hybridized carbons (Fsp3) is 0.500. The van der Waals surface area contributed by atoms with E-state index in [1.54, 1.807) is 6.92 Å². The van der Waals surface area contributed by atoms with Crippen molar-refractivity contribution in [1.29, 1.82) is 0 Å². The van der Waals surface area contributed by atoms with E-state index in [-0.39, 0.29) is 6.54 Å². The Labute approximate surface area is 76.3 Å². The maximum absolute atomic E-state index is 11.0. The van der Waals surface area contributed by atoms with Crippen molar-refractivity contribution in [2.24, 2.45) is 0 Å². The van der Waals surface area contributed by atoms with Crippen LogP contribution in [0.2, 0.25) is 0 Å². The van der Waals surface area contributed by atoms with Crippen LogP contribution in [0.3, 0.4) is 0 Å². The molecule has 1 amide bonds. The largest absolute Gasteiger partial charge is 0.478 e. The zero-order chi connectivity index (χ0) is 10.4. The third-order valence-electron chi connectivity index (χ3n) is 1.28. The Kier molecular flexibility index (Phi) is 4.76. The predicted octanol–water partition coefficient (Wildman–Crippen LogP) is -0.534. The molecule has 0 rings (SSSR count). The summed E-state index contributed by atoms with van der Waals surface area (Å²) in [6.45, 7) is 1.73. The Morgan fingerprint density at radius 2 is 2.00 bits per heavy atom. The topological polar surface area (TPSA) is 77.8 Å². The molecule has 0 fully saturated rings. The highest BCUT2D eigenvalue weighted by Crippen LogP contribution is 1.90. The van der Waals surface area contributed by atoms with Crippen molar-refractivity contribution in [2.45, 2.75) is 13.0 Å². The van der Waals surface area contributed by atoms with Gasteiger partial charge in [-0.25, -0.2) is 4.79 Å². The lowest BCUT2D eigenvalue weighted by Crippen LogP contribution is -2.31. The predicted molar refractivity (Wildman–Crippen MR) is 46.1 cm³/mol. The van der Waals surface area contributed by atoms with Crippen LogP contribution in [-0.2, 0) is 9.59 Å². The molecule has 0 aromatic carbocycles. The van der Waals surface area contributed by atoms with Crippen LogP contribution in [0, 0.1) is 0 Å². The van der Waals surface area contributed by atoms with Crippen LogP contribution < -0.4 is 0 Å². The molecule has 0 aliphatic rings. The van der Waals surface area contributed by atoms with Crippen molar-refractivity contribution in [3.8, 4) is 0 Å². The average Bonchev–Trinajstić information content (AvgIpc) is 1.98. The average molecular weight is 187 g/mol. The number of hydrogen-bond donors (Lipinski definition) is 2. The molecule has 0 aliphatic carbocycles. The van der Waals surface area contributed by atoms with Gasteiger partial charge in [0.25, 0.3) is 0 Å². The molecular formula is C8H13NO4. The normalized spacial score (nSPS) is 12.8. The Bertz CT molecular complexity index is 222. The summed E-state index contributed by atoms with van der Waals surface area (Å²) >= 11 is 0. The van der Waals surface area contributed by atoms with Crippen molar-refractivity contribution in [2.75, 3.05) is 13.6 Å². The molecule has 5 nitrogen and oxygen atoms in total. The summed E-state index contributed by atoms with van der Waals surface area (Å²) in [5.74, 6) is -1.61. The quantitative estimate of drug-likeness (QED) is 0.580. The van der Waals surface area contributed by atoms with Gasteiger partial charge in [-0.2, -0.15) is 0 Å². The smallest absolute Gasteiger partial charge is 0.328 e. The molecule has 0 aliphatic heterocycles. The van der Waals surface area contributed by atoms with Crippen molar-refractivity contribution in [3.05, 3.63) is 12.2 Å². The van der Waals surface area contributed by atoms with Crippen molar-refractivity contribution in [3.63, 3.8) is 0 Å². The SMILES string of the molecule is CC(O)CN(C)C(=O)C=CC(=O)O. The molecule has 0 aromatic rings. The summed E-state index contributed by atoms with van der Waals surface area (Å²) in [5.41, 5.74) is 0. The van der Waals surface area contributed by atoms with Gasteiger partial charge in [-0.3, -0.25) is 4.79 Å². The van der Waals surface area contributed by atoms with Gasteiger partial charge >= 0.3 is 5.97 Å². The van der Waals surface area contributed by atoms with E-state index in [1.807, 2.05) is 0 Å². The summed E-state index contributed by atoms with van der Waals surface area (Å²) < 4.78 is 0. The first-order chi connectivity index (χ1) is 5.93. The van der Waals surface area contributed by atoms with Crippen LogP contribution in [0.4, 0.5) is 0 Å². The third kappa shape index (κ3) is 5.86. The van der Waals surface area contributed by atoms with Gasteiger partial charge in [0, 0.05) is 25.7 Å². The Morgan fingerprint density at radius 3 is 2.38 bits per heavy atom. The molecule has 74 valence electrons. The standard InChI is InChI=1S/C8H13NO4/c1-6(10)5-9(2)7(11)3-4-8(12)13/h3-4,6,10H,5H2,1-2H3,(H,12,13). The minimum Gasteiger partial charge on any atom is -0.478 e. The number of amides is 1. The van der Waals surface area contributed by atoms with E-state index in [2.05, 4.69) is 0 Å². The van der Waals surface area contributed by atoms with E-state index >= 15 is 0 Å². The summed E-state index contributed by atoms with van der Waals surface area (Å²) in [5, 5.41) is 17.1. The molecule has 0 bridgehead atoms. The number of carbonyl (C=O) groups excluding carboxylic acids is 1. The van der Waals surface area contributed by atoms with E-state index in [0.29, 0.717) is 0 Å². The fourth-order valence-electron chi connectivity index (χ4n) is 0.756. The van der Waals surface area contributed by atoms with E-state index in [1.165, 1.54) is 11.9 Å². The summed E-state index contributed by atoms with van der Waals surface area (Å²) in [7, 11) is 1.49. The summed E-state index contributed by atoms with van der Waals surface area (Å²) in [4.78, 5) is 22.3. The summed E-state index contributed by atoms with van der Waals surface area (Å²) in [6.07, 6.45) is 1.10. The molecule has 0 radical (unpaired) electrons. The Balaban J connectivity index is 4.03. The van der Waals surface area contributed by atoms with Gasteiger partial charge in [0.1, 0.15) is 0 Å². The van der Waals surface area contributed by atoms with Gasteiger partial charge in [-0.15, -0.1) is 0 Å². The van der Waals surface area contributed by atoms with Crippen LogP contribution in [-0.4, -0.2) is 46.7 Å². The minimum absolute atomic E-state index is 0.183. The van der Waals surface area contributed by atoms with E-state index < -0.39 is 18.0 Å². The molecule has 0 spiro atoms. The number of hydrogen-bond acceptors (Lipinski definition) is 3. The number of likely N-dealkylation sites (N-methyl/N-ethyl adjacent to an activating group) is 1. The number of carboxylic acids is 1. The number of carboxylic acid groups (broad SMARTS) is 1. The molecule has 1 atom stereocenters. The first kappa shape index (κ1) is 11.6. The molecule has 2 N–H and O–H groups in total. The van der Waals surface area contributed by atoms with Crippen LogP contribution in [0.25, 0.3) is 0 Å². The lowest BCUT2D eigenvalue weighted by Gasteiger charge is -2.16. The van der Waals surface area contributed by atoms with Gasteiger partial charge < -0.3 is 15.1 Å². The molecular weight excluding hydrogens is 174 g/mol. The number of aliphatic hydroxyl groups excluding tert-OH is 1. The molecule has 0 heterocycles. The molecule has 0 saturated carbocycles. The van der Waals surface area contributed by atoms with Gasteiger partial charge in [0.2, 0.25) is 5.91 Å². The van der Waals surface area contributed by atoms with E-state index in [0.717, 1.165) is 12.2 Å². The van der Waals surface area contributed by atoms with E-state index in [9.17, 15) is 9.59 Å². The van der Waals surface area contributed by atoms with Gasteiger partial charge in [-0.1, -0.05) is 0 Å². The molecule has 1 unspecified atom stereocenters. The first-order valence-electron chi connectivity index (χ1n) is 3.77. The second-order valence-electron chi connectivity index (χ2n) is 2.74. The highest BCUT2D eigenvalue weighted by atomic mass is 16.4. The van der Waals surface area contributed by atoms with Gasteiger partial charge in [0.05, 0.1) is 6.10 Å². The third-order valence-corrected chi connectivity index (χ3v) is 1.28. The number of aliphatic hydroxyl groups is 1. The van der Waals surface area contributed by atoms with Crippen molar-refractivity contribution < 1.29 is 19.8 Å². The number of rotatable bonds is 4. The highest BCUT2D eigenvalue weighted by molar-refractivity contribution is 5.93. The lowest BCUT2D eigenvalue weighted by molar-refractivity contribution is -0.132. The lowest BCUT2D eigenvalue weighted by atomic mass is 10.3. The number of nitrogens with zero attached hydrogens (tertiary/aromatic N) is 1. The van der Waals surface area contributed by atoms with Crippen LogP contribution in [0.1, 0.15) is 6.92 Å². The molecule has 0 saturated heterocycles. The minimum atomic E-state index is -1.17. The zero-order valence-corrected chi connectivity index (χ0v) is 7.60. The summed E-state index contributed by atoms with van der Waals surface area (Å²) in [6, 6.07) is 0. The molecule has 5 heteroatoms. The van der Waals surface area contributed by atoms with Gasteiger partial charge in [0.15, 0.2) is 0 Å². The molecule has 0 aromatic heterocycles. The van der Waals surface area contributed by atoms with Crippen molar-refractivity contribution in [1.82, 2.24) is 4.90 Å². The second kappa shape index (κ2) is 5.31. The molecule has 13 heavy (non-hydrogen) atoms. The first-order valence-corrected chi connectivity index (χ1v) is 3.77. The maximum atomic E-state index is 11.0. The van der Waals surface area contributed by atoms with Crippen molar-refractivity contribution >= 4 is 11.9 Å². The van der Waals surface area contributed by atoms with Gasteiger partial charge in [-0.05, 0) is 6.92 Å². The van der Waals surface area contributed by atoms with E-state index in [4.69, 9.17) is 10.2 Å². The Hall–Kier alpha value is -1.36. The van der Waals surface area contributed by atoms with Crippen LogP contribution in [0.5, 0.6) is 0 Å². The highest BCUT2D eigenvalue weighted by Gasteiger charge is 2.07. The monoisotopic (exact) mass is 187 g/mol. The number of carbonyl (C=O) groups is 2. The van der Waals surface area contributed by atoms with Crippen LogP contribution >= 0.6 is 0 Å². The van der Waals surface area contributed by atoms with Crippen LogP contribution in [0.15, 0.2) is 12.2 Å².